The Morgan fingerprint density at radius 1 is 1.03 bits per heavy atom. The Balaban J connectivity index is 1.47. The van der Waals surface area contributed by atoms with E-state index in [0.717, 1.165) is 47.8 Å². The van der Waals surface area contributed by atoms with Crippen molar-refractivity contribution in [3.05, 3.63) is 12.2 Å². The van der Waals surface area contributed by atoms with Gasteiger partial charge in [0.1, 0.15) is 0 Å². The summed E-state index contributed by atoms with van der Waals surface area (Å²) >= 11 is 0. The summed E-state index contributed by atoms with van der Waals surface area (Å²) in [4.78, 5) is 11.4. The number of carbonyl (C=O) groups is 1. The number of rotatable bonds is 6. The Bertz CT molecular complexity index is 668. The van der Waals surface area contributed by atoms with Crippen LogP contribution in [0.3, 0.4) is 0 Å². The summed E-state index contributed by atoms with van der Waals surface area (Å²) < 4.78 is 4.73. The molecule has 2 heteroatoms. The minimum absolute atomic E-state index is 0.226. The molecule has 0 heterocycles. The van der Waals surface area contributed by atoms with Crippen molar-refractivity contribution in [3.63, 3.8) is 0 Å². The van der Waals surface area contributed by atoms with Gasteiger partial charge in [0.25, 0.3) is 0 Å². The van der Waals surface area contributed by atoms with Crippen molar-refractivity contribution in [1.29, 1.82) is 0 Å². The van der Waals surface area contributed by atoms with Crippen LogP contribution in [0.1, 0.15) is 105 Å². The van der Waals surface area contributed by atoms with Crippen LogP contribution in [0.4, 0.5) is 0 Å². The number of hydrogen-bond acceptors (Lipinski definition) is 2. The van der Waals surface area contributed by atoms with E-state index in [1.54, 1.807) is 6.08 Å². The second-order valence-corrected chi connectivity index (χ2v) is 12.3. The molecule has 9 atom stereocenters. The zero-order valence-corrected chi connectivity index (χ0v) is 21.0. The highest BCUT2D eigenvalue weighted by Gasteiger charge is 2.61. The van der Waals surface area contributed by atoms with E-state index < -0.39 is 0 Å². The lowest BCUT2D eigenvalue weighted by molar-refractivity contribution is -0.138. The first-order chi connectivity index (χ1) is 14.8. The summed E-state index contributed by atoms with van der Waals surface area (Å²) in [6.07, 6.45) is 20.6. The van der Waals surface area contributed by atoms with E-state index in [1.807, 2.05) is 6.08 Å². The predicted molar refractivity (Wildman–Crippen MR) is 129 cm³/mol. The Kier molecular flexibility index (Phi) is 6.95. The molecule has 31 heavy (non-hydrogen) atoms. The largest absolute Gasteiger partial charge is 0.466 e. The van der Waals surface area contributed by atoms with Gasteiger partial charge in [0.15, 0.2) is 0 Å². The molecular formula is C29H48O2. The molecule has 0 amide bonds. The van der Waals surface area contributed by atoms with Crippen LogP contribution in [0.25, 0.3) is 0 Å². The number of hydrogen-bond donors (Lipinski definition) is 0. The van der Waals surface area contributed by atoms with Gasteiger partial charge < -0.3 is 4.74 Å². The quantitative estimate of drug-likeness (QED) is 0.318. The van der Waals surface area contributed by atoms with Gasteiger partial charge in [-0.05, 0) is 110 Å². The van der Waals surface area contributed by atoms with E-state index in [4.69, 9.17) is 4.74 Å². The van der Waals surface area contributed by atoms with Gasteiger partial charge in [0.2, 0.25) is 0 Å². The third kappa shape index (κ3) is 4.04. The predicted octanol–water partition coefficient (Wildman–Crippen LogP) is 7.82. The molecule has 0 aromatic heterocycles. The summed E-state index contributed by atoms with van der Waals surface area (Å²) in [6.45, 7) is 10.4. The monoisotopic (exact) mass is 428 g/mol. The fourth-order valence-electron chi connectivity index (χ4n) is 9.80. The fourth-order valence-corrected chi connectivity index (χ4v) is 9.80. The molecule has 0 spiro atoms. The van der Waals surface area contributed by atoms with Gasteiger partial charge in [0.05, 0.1) is 7.11 Å². The number of esters is 1. The van der Waals surface area contributed by atoms with Gasteiger partial charge in [-0.25, -0.2) is 4.79 Å². The first-order valence-electron chi connectivity index (χ1n) is 13.6. The Labute approximate surface area is 192 Å². The standard InChI is InChI=1S/C29H48O2/c1-6-21-19-22-25-15-14-23(20(2)11-7-8-13-27(30)31-5)29(25,4)18-16-26(22)28(3)17-10-9-12-24(21)28/h8,13,20-26H,6-7,9-12,14-19H2,1-5H3/b13-8+/t20-,21+,22?,23-,24+,25?,26?,28+,29-/m1/s1. The van der Waals surface area contributed by atoms with Crippen molar-refractivity contribution in [3.8, 4) is 0 Å². The SMILES string of the molecule is CC[C@H]1CC2C3CC[C@H]([C@H](C)CC/C=C/C(=O)OC)[C@@]3(C)CCC2[C@@]2(C)CCCC[C@@H]12. The Morgan fingerprint density at radius 2 is 1.81 bits per heavy atom. The maximum Gasteiger partial charge on any atom is 0.330 e. The molecule has 0 bridgehead atoms. The lowest BCUT2D eigenvalue weighted by Gasteiger charge is -2.63. The van der Waals surface area contributed by atoms with E-state index in [-0.39, 0.29) is 5.97 Å². The van der Waals surface area contributed by atoms with Gasteiger partial charge >= 0.3 is 5.97 Å². The second kappa shape index (κ2) is 9.22. The number of carbonyl (C=O) groups excluding carboxylic acids is 1. The molecule has 0 saturated heterocycles. The summed E-state index contributed by atoms with van der Waals surface area (Å²) in [5.74, 6) is 6.31. The first-order valence-corrected chi connectivity index (χ1v) is 13.6. The first kappa shape index (κ1) is 23.4. The number of allylic oxidation sites excluding steroid dienone is 1. The zero-order chi connectivity index (χ0) is 22.2. The van der Waals surface area contributed by atoms with Crippen LogP contribution in [0, 0.1) is 52.3 Å². The van der Waals surface area contributed by atoms with Gasteiger partial charge in [-0.2, -0.15) is 0 Å². The molecule has 176 valence electrons. The lowest BCUT2D eigenvalue weighted by Crippen LogP contribution is -2.55. The molecule has 2 nitrogen and oxygen atoms in total. The smallest absolute Gasteiger partial charge is 0.330 e. The maximum absolute atomic E-state index is 11.4. The zero-order valence-electron chi connectivity index (χ0n) is 21.0. The van der Waals surface area contributed by atoms with Crippen molar-refractivity contribution in [2.45, 2.75) is 105 Å². The molecule has 4 fully saturated rings. The van der Waals surface area contributed by atoms with E-state index >= 15 is 0 Å². The summed E-state index contributed by atoms with van der Waals surface area (Å²) in [7, 11) is 1.45. The highest BCUT2D eigenvalue weighted by Crippen LogP contribution is 2.69. The molecule has 0 aromatic carbocycles. The van der Waals surface area contributed by atoms with Gasteiger partial charge in [-0.1, -0.05) is 53.0 Å². The number of fused-ring (bicyclic) bond motifs is 5. The molecule has 4 aliphatic carbocycles. The van der Waals surface area contributed by atoms with Gasteiger partial charge in [-0.15, -0.1) is 0 Å². The van der Waals surface area contributed by atoms with Crippen LogP contribution >= 0.6 is 0 Å². The fraction of sp³-hybridized carbons (Fsp3) is 0.897. The highest BCUT2D eigenvalue weighted by molar-refractivity contribution is 5.81. The third-order valence-corrected chi connectivity index (χ3v) is 11.3. The van der Waals surface area contributed by atoms with Crippen LogP contribution in [-0.2, 0) is 9.53 Å². The van der Waals surface area contributed by atoms with E-state index in [9.17, 15) is 4.79 Å². The van der Waals surface area contributed by atoms with Crippen LogP contribution in [0.15, 0.2) is 12.2 Å². The van der Waals surface area contributed by atoms with Crippen LogP contribution < -0.4 is 0 Å². The summed E-state index contributed by atoms with van der Waals surface area (Å²) in [5.41, 5.74) is 1.17. The third-order valence-electron chi connectivity index (χ3n) is 11.3. The van der Waals surface area contributed by atoms with E-state index in [0.29, 0.717) is 10.8 Å². The van der Waals surface area contributed by atoms with Crippen molar-refractivity contribution < 1.29 is 9.53 Å². The molecule has 3 unspecified atom stereocenters. The normalized spacial score (nSPS) is 45.6. The molecule has 0 radical (unpaired) electrons. The van der Waals surface area contributed by atoms with Crippen LogP contribution in [0.2, 0.25) is 0 Å². The van der Waals surface area contributed by atoms with E-state index in [2.05, 4.69) is 27.7 Å². The van der Waals surface area contributed by atoms with Crippen LogP contribution in [-0.4, -0.2) is 13.1 Å². The van der Waals surface area contributed by atoms with Crippen molar-refractivity contribution in [2.75, 3.05) is 7.11 Å². The molecule has 0 aliphatic heterocycles. The number of ether oxygens (including phenoxy) is 1. The van der Waals surface area contributed by atoms with Crippen molar-refractivity contribution in [2.24, 2.45) is 52.3 Å². The van der Waals surface area contributed by atoms with Crippen LogP contribution in [0.5, 0.6) is 0 Å². The van der Waals surface area contributed by atoms with Crippen molar-refractivity contribution in [1.82, 2.24) is 0 Å². The van der Waals surface area contributed by atoms with Gasteiger partial charge in [0, 0.05) is 6.08 Å². The average Bonchev–Trinajstić information content (AvgIpc) is 3.12. The second-order valence-electron chi connectivity index (χ2n) is 12.3. The lowest BCUT2D eigenvalue weighted by atomic mass is 9.42. The van der Waals surface area contributed by atoms with Crippen molar-refractivity contribution >= 4 is 5.97 Å². The molecule has 4 aliphatic rings. The molecular weight excluding hydrogens is 380 g/mol. The topological polar surface area (TPSA) is 26.3 Å². The Hall–Kier alpha value is -0.790. The van der Waals surface area contributed by atoms with Gasteiger partial charge in [-0.3, -0.25) is 0 Å². The molecule has 0 N–H and O–H groups in total. The highest BCUT2D eigenvalue weighted by atomic mass is 16.5. The number of methoxy groups -OCH3 is 1. The molecule has 0 aromatic rings. The maximum atomic E-state index is 11.4. The molecule has 4 saturated carbocycles. The average molecular weight is 429 g/mol. The Morgan fingerprint density at radius 3 is 2.55 bits per heavy atom. The summed E-state index contributed by atoms with van der Waals surface area (Å²) in [5, 5.41) is 0. The molecule has 4 rings (SSSR count). The minimum atomic E-state index is -0.226. The summed E-state index contributed by atoms with van der Waals surface area (Å²) in [6, 6.07) is 0. The minimum Gasteiger partial charge on any atom is -0.466 e. The van der Waals surface area contributed by atoms with E-state index in [1.165, 1.54) is 77.7 Å².